The molecule has 31 heavy (non-hydrogen) atoms. The predicted molar refractivity (Wildman–Crippen MR) is 120 cm³/mol. The van der Waals surface area contributed by atoms with Crippen LogP contribution >= 0.6 is 15.9 Å². The van der Waals surface area contributed by atoms with Crippen LogP contribution in [0.4, 0.5) is 0 Å². The van der Waals surface area contributed by atoms with E-state index in [0.29, 0.717) is 48.8 Å². The Morgan fingerprint density at radius 3 is 2.42 bits per heavy atom. The van der Waals surface area contributed by atoms with E-state index in [1.165, 1.54) is 0 Å². The van der Waals surface area contributed by atoms with E-state index in [0.717, 1.165) is 14.9 Å². The van der Waals surface area contributed by atoms with Gasteiger partial charge in [0.25, 0.3) is 11.8 Å². The van der Waals surface area contributed by atoms with Gasteiger partial charge >= 0.3 is 0 Å². The SMILES string of the molecule is CCOc1ccc(CCNC(=O)CCN2C(=O)c3ccc(Br)cc3C2=O)cc1OCC. The van der Waals surface area contributed by atoms with Crippen molar-refractivity contribution in [1.29, 1.82) is 0 Å². The van der Waals surface area contributed by atoms with Gasteiger partial charge in [-0.2, -0.15) is 0 Å². The van der Waals surface area contributed by atoms with Gasteiger partial charge in [0.2, 0.25) is 5.91 Å². The van der Waals surface area contributed by atoms with Gasteiger partial charge in [0, 0.05) is 24.0 Å². The lowest BCUT2D eigenvalue weighted by atomic mass is 10.1. The first-order chi connectivity index (χ1) is 14.9. The van der Waals surface area contributed by atoms with Gasteiger partial charge in [0.1, 0.15) is 0 Å². The summed E-state index contributed by atoms with van der Waals surface area (Å²) < 4.78 is 11.9. The zero-order valence-corrected chi connectivity index (χ0v) is 19.2. The number of nitrogens with one attached hydrogen (secondary N) is 1. The van der Waals surface area contributed by atoms with E-state index < -0.39 is 0 Å². The molecule has 0 bridgehead atoms. The molecule has 0 fully saturated rings. The molecule has 1 aliphatic heterocycles. The quantitative estimate of drug-likeness (QED) is 0.516. The van der Waals surface area contributed by atoms with Crippen LogP contribution in [0.2, 0.25) is 0 Å². The lowest BCUT2D eigenvalue weighted by Crippen LogP contribution is -2.35. The van der Waals surface area contributed by atoms with E-state index in [1.807, 2.05) is 32.0 Å². The smallest absolute Gasteiger partial charge is 0.261 e. The van der Waals surface area contributed by atoms with Crippen LogP contribution in [0.25, 0.3) is 0 Å². The monoisotopic (exact) mass is 488 g/mol. The van der Waals surface area contributed by atoms with Crippen LogP contribution in [0.15, 0.2) is 40.9 Å². The Kier molecular flexibility index (Phi) is 7.68. The molecule has 0 radical (unpaired) electrons. The van der Waals surface area contributed by atoms with Crippen molar-refractivity contribution in [2.75, 3.05) is 26.3 Å². The molecule has 8 heteroatoms. The van der Waals surface area contributed by atoms with E-state index in [4.69, 9.17) is 9.47 Å². The second-order valence-electron chi connectivity index (χ2n) is 6.95. The molecule has 0 aliphatic carbocycles. The van der Waals surface area contributed by atoms with E-state index >= 15 is 0 Å². The molecule has 0 saturated heterocycles. The van der Waals surface area contributed by atoms with Gasteiger partial charge in [0.05, 0.1) is 24.3 Å². The van der Waals surface area contributed by atoms with E-state index in [2.05, 4.69) is 21.2 Å². The molecule has 2 aromatic carbocycles. The number of fused-ring (bicyclic) bond motifs is 1. The molecular weight excluding hydrogens is 464 g/mol. The molecule has 0 atom stereocenters. The van der Waals surface area contributed by atoms with Crippen molar-refractivity contribution in [2.45, 2.75) is 26.7 Å². The van der Waals surface area contributed by atoms with Crippen LogP contribution in [0.5, 0.6) is 11.5 Å². The van der Waals surface area contributed by atoms with Crippen LogP contribution in [-0.4, -0.2) is 48.9 Å². The summed E-state index contributed by atoms with van der Waals surface area (Å²) in [6.07, 6.45) is 0.680. The summed E-state index contributed by atoms with van der Waals surface area (Å²) in [5.74, 6) is 0.439. The zero-order valence-electron chi connectivity index (χ0n) is 17.6. The summed E-state index contributed by atoms with van der Waals surface area (Å²) in [5.41, 5.74) is 1.74. The van der Waals surface area contributed by atoms with Crippen LogP contribution < -0.4 is 14.8 Å². The Balaban J connectivity index is 1.49. The summed E-state index contributed by atoms with van der Waals surface area (Å²) in [4.78, 5) is 38.2. The molecule has 0 unspecified atom stereocenters. The summed E-state index contributed by atoms with van der Waals surface area (Å²) in [6, 6.07) is 10.7. The lowest BCUT2D eigenvalue weighted by Gasteiger charge is -2.14. The van der Waals surface area contributed by atoms with Gasteiger partial charge in [-0.3, -0.25) is 19.3 Å². The highest BCUT2D eigenvalue weighted by atomic mass is 79.9. The van der Waals surface area contributed by atoms with Crippen molar-refractivity contribution in [3.8, 4) is 11.5 Å². The minimum atomic E-state index is -0.369. The number of benzene rings is 2. The maximum atomic E-state index is 12.5. The van der Waals surface area contributed by atoms with Crippen LogP contribution in [-0.2, 0) is 11.2 Å². The van der Waals surface area contributed by atoms with Crippen LogP contribution in [0.1, 0.15) is 46.5 Å². The third-order valence-corrected chi connectivity index (χ3v) is 5.33. The van der Waals surface area contributed by atoms with Gasteiger partial charge in [-0.1, -0.05) is 22.0 Å². The Labute approximate surface area is 189 Å². The third kappa shape index (κ3) is 5.44. The van der Waals surface area contributed by atoms with Gasteiger partial charge in [-0.15, -0.1) is 0 Å². The van der Waals surface area contributed by atoms with E-state index in [-0.39, 0.29) is 30.7 Å². The summed E-state index contributed by atoms with van der Waals surface area (Å²) in [7, 11) is 0. The number of hydrogen-bond acceptors (Lipinski definition) is 5. The average molecular weight is 489 g/mol. The zero-order chi connectivity index (χ0) is 22.4. The molecule has 7 nitrogen and oxygen atoms in total. The number of carbonyl (C=O) groups is 3. The van der Waals surface area contributed by atoms with Crippen molar-refractivity contribution in [2.24, 2.45) is 0 Å². The Bertz CT molecular complexity index is 992. The van der Waals surface area contributed by atoms with Gasteiger partial charge in [-0.05, 0) is 56.2 Å². The molecule has 1 heterocycles. The fraction of sp³-hybridized carbons (Fsp3) is 0.348. The highest BCUT2D eigenvalue weighted by Gasteiger charge is 2.35. The lowest BCUT2D eigenvalue weighted by molar-refractivity contribution is -0.121. The second kappa shape index (κ2) is 10.4. The molecule has 3 rings (SSSR count). The molecule has 0 spiro atoms. The maximum Gasteiger partial charge on any atom is 0.261 e. The van der Waals surface area contributed by atoms with Crippen LogP contribution in [0.3, 0.4) is 0 Å². The molecule has 0 aromatic heterocycles. The largest absolute Gasteiger partial charge is 0.490 e. The number of imide groups is 1. The third-order valence-electron chi connectivity index (χ3n) is 4.84. The maximum absolute atomic E-state index is 12.5. The van der Waals surface area contributed by atoms with E-state index in [9.17, 15) is 14.4 Å². The molecule has 1 N–H and O–H groups in total. The van der Waals surface area contributed by atoms with Crippen molar-refractivity contribution in [3.05, 3.63) is 57.6 Å². The number of amides is 3. The first-order valence-electron chi connectivity index (χ1n) is 10.3. The van der Waals surface area contributed by atoms with Crippen molar-refractivity contribution < 1.29 is 23.9 Å². The molecular formula is C23H25BrN2O5. The normalized spacial score (nSPS) is 12.7. The standard InChI is InChI=1S/C23H25BrN2O5/c1-3-30-19-8-5-15(13-20(19)31-4-2)9-11-25-21(27)10-12-26-22(28)17-7-6-16(24)14-18(17)23(26)29/h5-8,13-14H,3-4,9-12H2,1-2H3,(H,25,27). The van der Waals surface area contributed by atoms with Gasteiger partial charge < -0.3 is 14.8 Å². The molecule has 3 amide bonds. The molecule has 0 saturated carbocycles. The number of hydrogen-bond donors (Lipinski definition) is 1. The fourth-order valence-corrected chi connectivity index (χ4v) is 3.73. The van der Waals surface area contributed by atoms with Crippen molar-refractivity contribution in [3.63, 3.8) is 0 Å². The second-order valence-corrected chi connectivity index (χ2v) is 7.86. The van der Waals surface area contributed by atoms with Crippen molar-refractivity contribution in [1.82, 2.24) is 10.2 Å². The average Bonchev–Trinajstić information content (AvgIpc) is 2.98. The summed E-state index contributed by atoms with van der Waals surface area (Å²) in [6.45, 7) is 5.41. The highest BCUT2D eigenvalue weighted by molar-refractivity contribution is 9.10. The molecule has 2 aromatic rings. The van der Waals surface area contributed by atoms with Crippen LogP contribution in [0, 0.1) is 0 Å². The van der Waals surface area contributed by atoms with Gasteiger partial charge in [-0.25, -0.2) is 0 Å². The first kappa shape index (κ1) is 22.8. The highest BCUT2D eigenvalue weighted by Crippen LogP contribution is 2.29. The first-order valence-corrected chi connectivity index (χ1v) is 11.0. The summed E-state index contributed by atoms with van der Waals surface area (Å²) in [5, 5.41) is 2.84. The molecule has 164 valence electrons. The topological polar surface area (TPSA) is 84.9 Å². The summed E-state index contributed by atoms with van der Waals surface area (Å²) >= 11 is 3.31. The number of carbonyl (C=O) groups excluding carboxylic acids is 3. The van der Waals surface area contributed by atoms with Gasteiger partial charge in [0.15, 0.2) is 11.5 Å². The van der Waals surface area contributed by atoms with Crippen molar-refractivity contribution >= 4 is 33.7 Å². The Morgan fingerprint density at radius 2 is 1.68 bits per heavy atom. The number of ether oxygens (including phenoxy) is 2. The molecule has 1 aliphatic rings. The number of halogens is 1. The fourth-order valence-electron chi connectivity index (χ4n) is 3.37. The minimum absolute atomic E-state index is 0.0489. The number of nitrogens with zero attached hydrogens (tertiary/aromatic N) is 1. The Hall–Kier alpha value is -2.87. The number of rotatable bonds is 10. The Morgan fingerprint density at radius 1 is 0.968 bits per heavy atom. The predicted octanol–water partition coefficient (Wildman–Crippen LogP) is 3.59. The van der Waals surface area contributed by atoms with E-state index in [1.54, 1.807) is 18.2 Å². The minimum Gasteiger partial charge on any atom is -0.490 e.